The predicted octanol–water partition coefficient (Wildman–Crippen LogP) is 2.21. The van der Waals surface area contributed by atoms with Gasteiger partial charge in [0.05, 0.1) is 17.1 Å². The Bertz CT molecular complexity index is 963. The number of anilines is 1. The summed E-state index contributed by atoms with van der Waals surface area (Å²) in [5, 5.41) is 6.95. The zero-order chi connectivity index (χ0) is 19.1. The number of nitrogens with zero attached hydrogens (tertiary/aromatic N) is 3. The highest BCUT2D eigenvalue weighted by Crippen LogP contribution is 2.25. The average Bonchev–Trinajstić information content (AvgIpc) is 3.20. The van der Waals surface area contributed by atoms with Crippen molar-refractivity contribution in [3.63, 3.8) is 0 Å². The zero-order valence-electron chi connectivity index (χ0n) is 14.9. The quantitative estimate of drug-likeness (QED) is 0.881. The molecule has 9 heteroatoms. The first-order valence-corrected chi connectivity index (χ1v) is 9.77. The maximum Gasteiger partial charge on any atom is 0.255 e. The van der Waals surface area contributed by atoms with Crippen LogP contribution in [0.15, 0.2) is 23.1 Å². The van der Waals surface area contributed by atoms with E-state index in [0.29, 0.717) is 24.5 Å². The standard InChI is InChI=1S/C17H21FN4O3S/c1-11-16(12(2)21(3)20-11)19-17(23)13-6-7-14(18)15(10-13)26(24,25)22-8-4-5-9-22/h6-7,10H,4-5,8-9H2,1-3H3,(H,19,23). The second-order valence-electron chi connectivity index (χ2n) is 6.38. The van der Waals surface area contributed by atoms with Crippen LogP contribution >= 0.6 is 0 Å². The third-order valence-corrected chi connectivity index (χ3v) is 6.54. The number of halogens is 1. The van der Waals surface area contributed by atoms with Crippen molar-refractivity contribution in [1.29, 1.82) is 0 Å². The third-order valence-electron chi connectivity index (χ3n) is 4.62. The summed E-state index contributed by atoms with van der Waals surface area (Å²) in [7, 11) is -2.19. The Morgan fingerprint density at radius 1 is 1.23 bits per heavy atom. The summed E-state index contributed by atoms with van der Waals surface area (Å²) in [6.45, 7) is 4.30. The van der Waals surface area contributed by atoms with Crippen molar-refractivity contribution in [3.05, 3.63) is 41.0 Å². The minimum Gasteiger partial charge on any atom is -0.319 e. The number of rotatable bonds is 4. The van der Waals surface area contributed by atoms with Gasteiger partial charge in [0, 0.05) is 25.7 Å². The van der Waals surface area contributed by atoms with Crippen molar-refractivity contribution in [2.24, 2.45) is 7.05 Å². The predicted molar refractivity (Wildman–Crippen MR) is 95.0 cm³/mol. The van der Waals surface area contributed by atoms with Crippen LogP contribution in [0.4, 0.5) is 10.1 Å². The molecule has 2 aromatic rings. The molecule has 140 valence electrons. The number of carbonyl (C=O) groups is 1. The van der Waals surface area contributed by atoms with Gasteiger partial charge in [-0.25, -0.2) is 12.8 Å². The van der Waals surface area contributed by atoms with Crippen LogP contribution in [0.5, 0.6) is 0 Å². The second kappa shape index (κ2) is 6.81. The van der Waals surface area contributed by atoms with Gasteiger partial charge in [0.1, 0.15) is 10.7 Å². The zero-order valence-corrected chi connectivity index (χ0v) is 15.7. The Labute approximate surface area is 151 Å². The number of amides is 1. The molecule has 0 spiro atoms. The molecule has 0 atom stereocenters. The van der Waals surface area contributed by atoms with Crippen LogP contribution in [0.2, 0.25) is 0 Å². The number of hydrogen-bond acceptors (Lipinski definition) is 4. The molecule has 1 saturated heterocycles. The lowest BCUT2D eigenvalue weighted by atomic mass is 10.2. The molecule has 0 aliphatic carbocycles. The van der Waals surface area contributed by atoms with Gasteiger partial charge in [0.15, 0.2) is 0 Å². The highest BCUT2D eigenvalue weighted by molar-refractivity contribution is 7.89. The van der Waals surface area contributed by atoms with E-state index in [1.165, 1.54) is 10.4 Å². The number of sulfonamides is 1. The molecule has 26 heavy (non-hydrogen) atoms. The number of hydrogen-bond donors (Lipinski definition) is 1. The summed E-state index contributed by atoms with van der Waals surface area (Å²) in [5.74, 6) is -1.37. The summed E-state index contributed by atoms with van der Waals surface area (Å²) in [6.07, 6.45) is 1.50. The average molecular weight is 380 g/mol. The Hall–Kier alpha value is -2.26. The fourth-order valence-electron chi connectivity index (χ4n) is 3.05. The summed E-state index contributed by atoms with van der Waals surface area (Å²) in [4.78, 5) is 12.1. The van der Waals surface area contributed by atoms with Crippen molar-refractivity contribution in [2.75, 3.05) is 18.4 Å². The Kier molecular flexibility index (Phi) is 4.85. The molecule has 7 nitrogen and oxygen atoms in total. The molecule has 1 amide bonds. The Morgan fingerprint density at radius 3 is 2.46 bits per heavy atom. The molecule has 0 bridgehead atoms. The molecule has 2 heterocycles. The first-order valence-electron chi connectivity index (χ1n) is 8.33. The molecule has 0 saturated carbocycles. The van der Waals surface area contributed by atoms with Crippen molar-refractivity contribution < 1.29 is 17.6 Å². The smallest absolute Gasteiger partial charge is 0.255 e. The van der Waals surface area contributed by atoms with Gasteiger partial charge in [-0.05, 0) is 44.9 Å². The van der Waals surface area contributed by atoms with Gasteiger partial charge >= 0.3 is 0 Å². The summed E-state index contributed by atoms with van der Waals surface area (Å²) in [5.41, 5.74) is 2.05. The van der Waals surface area contributed by atoms with Crippen molar-refractivity contribution in [3.8, 4) is 0 Å². The van der Waals surface area contributed by atoms with E-state index < -0.39 is 26.6 Å². The highest BCUT2D eigenvalue weighted by atomic mass is 32.2. The minimum atomic E-state index is -3.95. The van der Waals surface area contributed by atoms with Crippen LogP contribution in [-0.2, 0) is 17.1 Å². The monoisotopic (exact) mass is 380 g/mol. The normalized spacial score (nSPS) is 15.4. The van der Waals surface area contributed by atoms with Crippen molar-refractivity contribution >= 4 is 21.6 Å². The molecular formula is C17H21FN4O3S. The maximum absolute atomic E-state index is 14.2. The fourth-order valence-corrected chi connectivity index (χ4v) is 4.66. The Balaban J connectivity index is 1.93. The molecule has 0 unspecified atom stereocenters. The van der Waals surface area contributed by atoms with E-state index in [9.17, 15) is 17.6 Å². The van der Waals surface area contributed by atoms with Crippen molar-refractivity contribution in [2.45, 2.75) is 31.6 Å². The molecule has 0 radical (unpaired) electrons. The Morgan fingerprint density at radius 2 is 1.88 bits per heavy atom. The lowest BCUT2D eigenvalue weighted by molar-refractivity contribution is 0.102. The number of carbonyl (C=O) groups excluding carboxylic acids is 1. The first kappa shape index (κ1) is 18.5. The van der Waals surface area contributed by atoms with Crippen molar-refractivity contribution in [1.82, 2.24) is 14.1 Å². The molecule has 1 aromatic carbocycles. The van der Waals surface area contributed by atoms with Gasteiger partial charge < -0.3 is 5.32 Å². The number of aryl methyl sites for hydroxylation is 2. The number of nitrogens with one attached hydrogen (secondary N) is 1. The number of benzene rings is 1. The molecule has 1 N–H and O–H groups in total. The molecule has 1 fully saturated rings. The van der Waals surface area contributed by atoms with E-state index in [1.807, 2.05) is 6.92 Å². The largest absolute Gasteiger partial charge is 0.319 e. The lowest BCUT2D eigenvalue weighted by Gasteiger charge is -2.16. The van der Waals surface area contributed by atoms with Gasteiger partial charge in [-0.2, -0.15) is 9.40 Å². The number of aromatic nitrogens is 2. The first-order chi connectivity index (χ1) is 12.2. The van der Waals surface area contributed by atoms with Gasteiger partial charge in [-0.15, -0.1) is 0 Å². The minimum absolute atomic E-state index is 0.0758. The molecule has 1 aliphatic rings. The summed E-state index contributed by atoms with van der Waals surface area (Å²) < 4.78 is 42.4. The van der Waals surface area contributed by atoms with E-state index in [2.05, 4.69) is 10.4 Å². The van der Waals surface area contributed by atoms with Crippen LogP contribution in [-0.4, -0.2) is 41.5 Å². The van der Waals surface area contributed by atoms with Crippen LogP contribution in [0.3, 0.4) is 0 Å². The maximum atomic E-state index is 14.2. The third kappa shape index (κ3) is 3.24. The van der Waals surface area contributed by atoms with E-state index in [0.717, 1.165) is 30.7 Å². The van der Waals surface area contributed by atoms with Gasteiger partial charge in [-0.3, -0.25) is 9.48 Å². The van der Waals surface area contributed by atoms with Crippen LogP contribution < -0.4 is 5.32 Å². The lowest BCUT2D eigenvalue weighted by Crippen LogP contribution is -2.29. The van der Waals surface area contributed by atoms with E-state index in [1.54, 1.807) is 18.7 Å². The summed E-state index contributed by atoms with van der Waals surface area (Å²) >= 11 is 0. The van der Waals surface area contributed by atoms with Crippen LogP contribution in [0.1, 0.15) is 34.6 Å². The van der Waals surface area contributed by atoms with Crippen LogP contribution in [0.25, 0.3) is 0 Å². The van der Waals surface area contributed by atoms with Crippen LogP contribution in [0, 0.1) is 19.7 Å². The molecule has 3 rings (SSSR count). The SMILES string of the molecule is Cc1nn(C)c(C)c1NC(=O)c1ccc(F)c(S(=O)(=O)N2CCCC2)c1. The highest BCUT2D eigenvalue weighted by Gasteiger charge is 2.30. The topological polar surface area (TPSA) is 84.3 Å². The molecule has 1 aliphatic heterocycles. The van der Waals surface area contributed by atoms with E-state index >= 15 is 0 Å². The van der Waals surface area contributed by atoms with Gasteiger partial charge in [0.2, 0.25) is 10.0 Å². The second-order valence-corrected chi connectivity index (χ2v) is 8.29. The van der Waals surface area contributed by atoms with E-state index in [4.69, 9.17) is 0 Å². The molecular weight excluding hydrogens is 359 g/mol. The molecule has 1 aromatic heterocycles. The van der Waals surface area contributed by atoms with Gasteiger partial charge in [-0.1, -0.05) is 0 Å². The van der Waals surface area contributed by atoms with Gasteiger partial charge in [0.25, 0.3) is 5.91 Å². The summed E-state index contributed by atoms with van der Waals surface area (Å²) in [6, 6.07) is 3.38. The van der Waals surface area contributed by atoms with E-state index in [-0.39, 0.29) is 5.56 Å². The fraction of sp³-hybridized carbons (Fsp3) is 0.412.